The number of methoxy groups -OCH3 is 1. The smallest absolute Gasteiger partial charge is 0.302 e. The first kappa shape index (κ1) is 12.9. The summed E-state index contributed by atoms with van der Waals surface area (Å²) in [5, 5.41) is 9.15. The fraction of sp³-hybridized carbons (Fsp3) is 0.500. The summed E-state index contributed by atoms with van der Waals surface area (Å²) in [6, 6.07) is 5.84. The second-order valence-electron chi connectivity index (χ2n) is 4.63. The van der Waals surface area contributed by atoms with Gasteiger partial charge >= 0.3 is 5.97 Å². The Balaban J connectivity index is 2.01. The van der Waals surface area contributed by atoms with Crippen LogP contribution in [0, 0.1) is 0 Å². The van der Waals surface area contributed by atoms with Crippen molar-refractivity contribution in [2.45, 2.75) is 38.4 Å². The highest BCUT2D eigenvalue weighted by Crippen LogP contribution is 2.40. The van der Waals surface area contributed by atoms with Crippen LogP contribution in [-0.2, 0) is 16.1 Å². The molecule has 0 bridgehead atoms. The van der Waals surface area contributed by atoms with Crippen molar-refractivity contribution in [2.75, 3.05) is 7.11 Å². The van der Waals surface area contributed by atoms with Gasteiger partial charge in [0.25, 0.3) is 0 Å². The molecule has 0 saturated heterocycles. The second kappa shape index (κ2) is 5.40. The van der Waals surface area contributed by atoms with E-state index in [0.29, 0.717) is 11.7 Å². The Labute approximate surface area is 107 Å². The Morgan fingerprint density at radius 3 is 2.72 bits per heavy atom. The molecule has 98 valence electrons. The van der Waals surface area contributed by atoms with Gasteiger partial charge in [-0.15, -0.1) is 0 Å². The fourth-order valence-corrected chi connectivity index (χ4v) is 2.31. The van der Waals surface area contributed by atoms with Crippen LogP contribution in [0.2, 0.25) is 0 Å². The Bertz CT molecular complexity index is 435. The Kier molecular flexibility index (Phi) is 3.87. The summed E-state index contributed by atoms with van der Waals surface area (Å²) in [6.07, 6.45) is 1.78. The first-order valence-electron chi connectivity index (χ1n) is 6.09. The monoisotopic (exact) mass is 250 g/mol. The minimum Gasteiger partial charge on any atom is -0.496 e. The van der Waals surface area contributed by atoms with Gasteiger partial charge in [-0.3, -0.25) is 4.79 Å². The van der Waals surface area contributed by atoms with E-state index in [-0.39, 0.29) is 18.7 Å². The molecule has 4 nitrogen and oxygen atoms in total. The topological polar surface area (TPSA) is 55.8 Å². The van der Waals surface area contributed by atoms with Crippen LogP contribution in [0.25, 0.3) is 0 Å². The second-order valence-corrected chi connectivity index (χ2v) is 4.63. The number of hydrogen-bond acceptors (Lipinski definition) is 4. The lowest BCUT2D eigenvalue weighted by Crippen LogP contribution is -2.31. The van der Waals surface area contributed by atoms with Gasteiger partial charge in [-0.2, -0.15) is 0 Å². The number of aliphatic hydroxyl groups excluding tert-OH is 1. The van der Waals surface area contributed by atoms with Gasteiger partial charge in [0, 0.05) is 12.5 Å². The molecule has 1 aliphatic carbocycles. The van der Waals surface area contributed by atoms with Crippen LogP contribution in [0.1, 0.15) is 36.8 Å². The highest BCUT2D eigenvalue weighted by atomic mass is 16.5. The summed E-state index contributed by atoms with van der Waals surface area (Å²) >= 11 is 0. The molecule has 18 heavy (non-hydrogen) atoms. The standard InChI is InChI=1S/C14H18O4/c1-9(16)18-13-5-12(6-13)10-3-4-11(8-15)14(7-10)17-2/h3-4,7,12-13,15H,5-6,8H2,1-2H3. The molecule has 0 spiro atoms. The molecule has 0 aromatic heterocycles. The number of aliphatic hydroxyl groups is 1. The maximum atomic E-state index is 10.8. The van der Waals surface area contributed by atoms with Gasteiger partial charge < -0.3 is 14.6 Å². The van der Waals surface area contributed by atoms with Crippen molar-refractivity contribution in [1.82, 2.24) is 0 Å². The number of carbonyl (C=O) groups is 1. The van der Waals surface area contributed by atoms with Gasteiger partial charge in [0.2, 0.25) is 0 Å². The highest BCUT2D eigenvalue weighted by Gasteiger charge is 2.32. The van der Waals surface area contributed by atoms with E-state index in [1.807, 2.05) is 18.2 Å². The minimum absolute atomic E-state index is 0.0236. The Morgan fingerprint density at radius 1 is 1.44 bits per heavy atom. The van der Waals surface area contributed by atoms with Crippen LogP contribution < -0.4 is 4.74 Å². The average Bonchev–Trinajstić information content (AvgIpc) is 2.32. The zero-order valence-corrected chi connectivity index (χ0v) is 10.7. The van der Waals surface area contributed by atoms with Crippen molar-refractivity contribution in [3.63, 3.8) is 0 Å². The molecule has 0 heterocycles. The van der Waals surface area contributed by atoms with Gasteiger partial charge in [0.05, 0.1) is 13.7 Å². The van der Waals surface area contributed by atoms with Crippen LogP contribution >= 0.6 is 0 Å². The lowest BCUT2D eigenvalue weighted by molar-refractivity contribution is -0.151. The van der Waals surface area contributed by atoms with Gasteiger partial charge in [0.1, 0.15) is 11.9 Å². The maximum Gasteiger partial charge on any atom is 0.302 e. The zero-order chi connectivity index (χ0) is 13.1. The SMILES string of the molecule is COc1cc(C2CC(OC(C)=O)C2)ccc1CO. The maximum absolute atomic E-state index is 10.8. The van der Waals surface area contributed by atoms with E-state index in [1.165, 1.54) is 12.5 Å². The molecule has 0 amide bonds. The predicted octanol–water partition coefficient (Wildman–Crippen LogP) is 2.00. The van der Waals surface area contributed by atoms with Crippen molar-refractivity contribution in [3.05, 3.63) is 29.3 Å². The molecule has 1 aromatic rings. The molecule has 4 heteroatoms. The zero-order valence-electron chi connectivity index (χ0n) is 10.7. The summed E-state index contributed by atoms with van der Waals surface area (Å²) < 4.78 is 10.4. The number of carbonyl (C=O) groups excluding carboxylic acids is 1. The molecular weight excluding hydrogens is 232 g/mol. The van der Waals surface area contributed by atoms with Gasteiger partial charge in [-0.05, 0) is 30.4 Å². The summed E-state index contributed by atoms with van der Waals surface area (Å²) in [7, 11) is 1.60. The number of esters is 1. The van der Waals surface area contributed by atoms with E-state index in [9.17, 15) is 4.79 Å². The van der Waals surface area contributed by atoms with Crippen molar-refractivity contribution in [1.29, 1.82) is 0 Å². The lowest BCUT2D eigenvalue weighted by atomic mass is 9.77. The molecule has 1 fully saturated rings. The van der Waals surface area contributed by atoms with E-state index < -0.39 is 0 Å². The number of hydrogen-bond donors (Lipinski definition) is 1. The molecule has 2 rings (SSSR count). The molecule has 0 unspecified atom stereocenters. The number of rotatable bonds is 4. The Morgan fingerprint density at radius 2 is 2.17 bits per heavy atom. The number of benzene rings is 1. The van der Waals surface area contributed by atoms with Crippen LogP contribution in [0.4, 0.5) is 0 Å². The van der Waals surface area contributed by atoms with Crippen LogP contribution in [-0.4, -0.2) is 24.3 Å². The largest absolute Gasteiger partial charge is 0.496 e. The third-order valence-electron chi connectivity index (χ3n) is 3.38. The van der Waals surface area contributed by atoms with Gasteiger partial charge in [0.15, 0.2) is 0 Å². The third kappa shape index (κ3) is 2.64. The molecule has 1 aliphatic rings. The lowest BCUT2D eigenvalue weighted by Gasteiger charge is -2.35. The fourth-order valence-electron chi connectivity index (χ4n) is 2.31. The van der Waals surface area contributed by atoms with Gasteiger partial charge in [-0.1, -0.05) is 12.1 Å². The molecule has 0 aliphatic heterocycles. The third-order valence-corrected chi connectivity index (χ3v) is 3.38. The van der Waals surface area contributed by atoms with E-state index >= 15 is 0 Å². The molecule has 1 aromatic carbocycles. The Hall–Kier alpha value is -1.55. The van der Waals surface area contributed by atoms with Gasteiger partial charge in [-0.25, -0.2) is 0 Å². The number of ether oxygens (including phenoxy) is 2. The van der Waals surface area contributed by atoms with E-state index in [1.54, 1.807) is 7.11 Å². The summed E-state index contributed by atoms with van der Waals surface area (Å²) in [5.74, 6) is 0.911. The highest BCUT2D eigenvalue weighted by molar-refractivity contribution is 5.66. The summed E-state index contributed by atoms with van der Waals surface area (Å²) in [4.78, 5) is 10.8. The molecular formula is C14H18O4. The first-order valence-corrected chi connectivity index (χ1v) is 6.09. The van der Waals surface area contributed by atoms with Crippen molar-refractivity contribution < 1.29 is 19.4 Å². The summed E-state index contributed by atoms with van der Waals surface area (Å²) in [5.41, 5.74) is 1.96. The van der Waals surface area contributed by atoms with Crippen molar-refractivity contribution in [2.24, 2.45) is 0 Å². The van der Waals surface area contributed by atoms with E-state index in [4.69, 9.17) is 14.6 Å². The molecule has 0 radical (unpaired) electrons. The quantitative estimate of drug-likeness (QED) is 0.830. The van der Waals surface area contributed by atoms with E-state index in [2.05, 4.69) is 0 Å². The van der Waals surface area contributed by atoms with Crippen molar-refractivity contribution >= 4 is 5.97 Å². The summed E-state index contributed by atoms with van der Waals surface area (Å²) in [6.45, 7) is 1.41. The molecule has 0 atom stereocenters. The predicted molar refractivity (Wildman–Crippen MR) is 66.4 cm³/mol. The normalized spacial score (nSPS) is 22.2. The first-order chi connectivity index (χ1) is 8.63. The van der Waals surface area contributed by atoms with Crippen LogP contribution in [0.15, 0.2) is 18.2 Å². The van der Waals surface area contributed by atoms with Crippen LogP contribution in [0.3, 0.4) is 0 Å². The molecule has 1 saturated carbocycles. The van der Waals surface area contributed by atoms with E-state index in [0.717, 1.165) is 18.4 Å². The molecule has 1 N–H and O–H groups in total. The minimum atomic E-state index is -0.216. The average molecular weight is 250 g/mol. The van der Waals surface area contributed by atoms with Crippen molar-refractivity contribution in [3.8, 4) is 5.75 Å². The van der Waals surface area contributed by atoms with Crippen LogP contribution in [0.5, 0.6) is 5.75 Å².